The SMILES string of the molecule is CC(C(=O)c1ccc(F)cc1F)N(C)CC1CCCCO1. The minimum Gasteiger partial charge on any atom is -0.377 e. The van der Waals surface area contributed by atoms with Crippen molar-refractivity contribution in [3.8, 4) is 0 Å². The van der Waals surface area contributed by atoms with E-state index in [9.17, 15) is 13.6 Å². The second-order valence-corrected chi connectivity index (χ2v) is 5.59. The van der Waals surface area contributed by atoms with Crippen LogP contribution >= 0.6 is 0 Å². The summed E-state index contributed by atoms with van der Waals surface area (Å²) in [6.07, 6.45) is 3.32. The van der Waals surface area contributed by atoms with Crippen LogP contribution in [0.2, 0.25) is 0 Å². The summed E-state index contributed by atoms with van der Waals surface area (Å²) in [5.74, 6) is -1.83. The molecule has 2 unspecified atom stereocenters. The van der Waals surface area contributed by atoms with Gasteiger partial charge in [-0.1, -0.05) is 0 Å². The van der Waals surface area contributed by atoms with Crippen LogP contribution in [0.4, 0.5) is 8.78 Å². The van der Waals surface area contributed by atoms with Gasteiger partial charge in [-0.05, 0) is 45.4 Å². The summed E-state index contributed by atoms with van der Waals surface area (Å²) >= 11 is 0. The molecule has 1 aromatic rings. The number of rotatable bonds is 5. The van der Waals surface area contributed by atoms with Gasteiger partial charge >= 0.3 is 0 Å². The molecule has 0 N–H and O–H groups in total. The topological polar surface area (TPSA) is 29.5 Å². The molecule has 1 aliphatic heterocycles. The van der Waals surface area contributed by atoms with Gasteiger partial charge in [0.1, 0.15) is 11.6 Å². The predicted octanol–water partition coefficient (Wildman–Crippen LogP) is 3.04. The van der Waals surface area contributed by atoms with Gasteiger partial charge in [0.15, 0.2) is 5.78 Å². The standard InChI is InChI=1S/C16H21F2NO2/c1-11(19(2)10-13-5-3-4-8-21-13)16(20)14-7-6-12(17)9-15(14)18/h6-7,9,11,13H,3-5,8,10H2,1-2H3. The first-order chi connectivity index (χ1) is 9.99. The number of ketones is 1. The molecule has 0 bridgehead atoms. The number of hydrogen-bond donors (Lipinski definition) is 0. The molecule has 0 aliphatic carbocycles. The zero-order chi connectivity index (χ0) is 15.4. The molecule has 0 spiro atoms. The first-order valence-corrected chi connectivity index (χ1v) is 7.30. The average Bonchev–Trinajstić information content (AvgIpc) is 2.47. The van der Waals surface area contributed by atoms with Crippen LogP contribution in [0.5, 0.6) is 0 Å². The predicted molar refractivity (Wildman–Crippen MR) is 76.4 cm³/mol. The van der Waals surface area contributed by atoms with E-state index in [1.54, 1.807) is 6.92 Å². The molecule has 1 fully saturated rings. The molecule has 21 heavy (non-hydrogen) atoms. The molecule has 0 amide bonds. The lowest BCUT2D eigenvalue weighted by Gasteiger charge is -2.30. The number of halogens is 2. The molecular formula is C16H21F2NO2. The highest BCUT2D eigenvalue weighted by molar-refractivity contribution is 6.00. The minimum absolute atomic E-state index is 0.0692. The van der Waals surface area contributed by atoms with Crippen molar-refractivity contribution in [1.82, 2.24) is 4.90 Å². The Morgan fingerprint density at radius 3 is 2.81 bits per heavy atom. The number of hydrogen-bond acceptors (Lipinski definition) is 3. The van der Waals surface area contributed by atoms with Crippen LogP contribution in [-0.2, 0) is 4.74 Å². The number of carbonyl (C=O) groups excluding carboxylic acids is 1. The molecule has 116 valence electrons. The fourth-order valence-electron chi connectivity index (χ4n) is 2.55. The van der Waals surface area contributed by atoms with Crippen molar-refractivity contribution >= 4 is 5.78 Å². The molecular weight excluding hydrogens is 276 g/mol. The van der Waals surface area contributed by atoms with E-state index in [4.69, 9.17) is 4.74 Å². The number of ether oxygens (including phenoxy) is 1. The van der Waals surface area contributed by atoms with Crippen LogP contribution in [-0.4, -0.2) is 43.0 Å². The van der Waals surface area contributed by atoms with E-state index in [1.807, 2.05) is 11.9 Å². The lowest BCUT2D eigenvalue weighted by atomic mass is 10.0. The smallest absolute Gasteiger partial charge is 0.182 e. The summed E-state index contributed by atoms with van der Waals surface area (Å²) in [7, 11) is 1.82. The highest BCUT2D eigenvalue weighted by atomic mass is 19.1. The van der Waals surface area contributed by atoms with Crippen molar-refractivity contribution in [3.63, 3.8) is 0 Å². The molecule has 0 aromatic heterocycles. The molecule has 2 atom stereocenters. The molecule has 0 radical (unpaired) electrons. The first-order valence-electron chi connectivity index (χ1n) is 7.30. The quantitative estimate of drug-likeness (QED) is 0.782. The van der Waals surface area contributed by atoms with Crippen molar-refractivity contribution in [3.05, 3.63) is 35.4 Å². The zero-order valence-corrected chi connectivity index (χ0v) is 12.4. The third kappa shape index (κ3) is 4.08. The molecule has 3 nitrogen and oxygen atoms in total. The number of Topliss-reactive ketones (excluding diaryl/α,β-unsaturated/α-hetero) is 1. The highest BCUT2D eigenvalue weighted by Gasteiger charge is 2.25. The number of benzene rings is 1. The molecule has 5 heteroatoms. The first kappa shape index (κ1) is 16.0. The zero-order valence-electron chi connectivity index (χ0n) is 12.4. The fraction of sp³-hybridized carbons (Fsp3) is 0.562. The van der Waals surface area contributed by atoms with Gasteiger partial charge < -0.3 is 4.74 Å². The van der Waals surface area contributed by atoms with E-state index < -0.39 is 17.7 Å². The Balaban J connectivity index is 2.00. The van der Waals surface area contributed by atoms with Crippen molar-refractivity contribution in [2.75, 3.05) is 20.2 Å². The van der Waals surface area contributed by atoms with Crippen LogP contribution < -0.4 is 0 Å². The Morgan fingerprint density at radius 2 is 2.19 bits per heavy atom. The van der Waals surface area contributed by atoms with Crippen molar-refractivity contribution in [2.24, 2.45) is 0 Å². The molecule has 1 saturated heterocycles. The van der Waals surface area contributed by atoms with Gasteiger partial charge in [-0.3, -0.25) is 9.69 Å². The van der Waals surface area contributed by atoms with Gasteiger partial charge in [-0.25, -0.2) is 8.78 Å². The summed E-state index contributed by atoms with van der Waals surface area (Å²) in [6, 6.07) is 2.57. The third-order valence-electron chi connectivity index (χ3n) is 4.00. The van der Waals surface area contributed by atoms with Crippen molar-refractivity contribution in [2.45, 2.75) is 38.3 Å². The summed E-state index contributed by atoms with van der Waals surface area (Å²) in [6.45, 7) is 3.12. The molecule has 0 saturated carbocycles. The fourth-order valence-corrected chi connectivity index (χ4v) is 2.55. The Hall–Kier alpha value is -1.33. The normalized spacial score (nSPS) is 20.5. The minimum atomic E-state index is -0.811. The van der Waals surface area contributed by atoms with E-state index in [2.05, 4.69) is 0 Å². The summed E-state index contributed by atoms with van der Waals surface area (Å²) in [5, 5.41) is 0. The van der Waals surface area contributed by atoms with Gasteiger partial charge in [-0.15, -0.1) is 0 Å². The molecule has 1 heterocycles. The maximum atomic E-state index is 13.7. The van der Waals surface area contributed by atoms with Crippen molar-refractivity contribution < 1.29 is 18.3 Å². The van der Waals surface area contributed by atoms with Crippen molar-refractivity contribution in [1.29, 1.82) is 0 Å². The highest BCUT2D eigenvalue weighted by Crippen LogP contribution is 2.17. The second kappa shape index (κ2) is 7.09. The second-order valence-electron chi connectivity index (χ2n) is 5.59. The molecule has 2 rings (SSSR count). The van der Waals surface area contributed by atoms with Crippen LogP contribution in [0.15, 0.2) is 18.2 Å². The lowest BCUT2D eigenvalue weighted by Crippen LogP contribution is -2.42. The Labute approximate surface area is 123 Å². The van der Waals surface area contributed by atoms with Gasteiger partial charge in [-0.2, -0.15) is 0 Å². The van der Waals surface area contributed by atoms with E-state index in [-0.39, 0.29) is 17.5 Å². The maximum Gasteiger partial charge on any atom is 0.182 e. The average molecular weight is 297 g/mol. The van der Waals surface area contributed by atoms with Gasteiger partial charge in [0.25, 0.3) is 0 Å². The largest absolute Gasteiger partial charge is 0.377 e. The summed E-state index contributed by atoms with van der Waals surface area (Å²) in [4.78, 5) is 14.2. The summed E-state index contributed by atoms with van der Waals surface area (Å²) < 4.78 is 32.2. The number of nitrogens with zero attached hydrogens (tertiary/aromatic N) is 1. The van der Waals surface area contributed by atoms with Crippen LogP contribution in [0.1, 0.15) is 36.5 Å². The number of carbonyl (C=O) groups is 1. The molecule has 1 aliphatic rings. The summed E-state index contributed by atoms with van der Waals surface area (Å²) in [5.41, 5.74) is -0.0692. The van der Waals surface area contributed by atoms with E-state index in [1.165, 1.54) is 6.07 Å². The Kier molecular flexibility index (Phi) is 5.42. The van der Waals surface area contributed by atoms with Crippen LogP contribution in [0.3, 0.4) is 0 Å². The number of likely N-dealkylation sites (N-methyl/N-ethyl adjacent to an activating group) is 1. The van der Waals surface area contributed by atoms with E-state index in [0.717, 1.165) is 38.0 Å². The van der Waals surface area contributed by atoms with Crippen LogP contribution in [0.25, 0.3) is 0 Å². The monoisotopic (exact) mass is 297 g/mol. The lowest BCUT2D eigenvalue weighted by molar-refractivity contribution is -0.00579. The maximum absolute atomic E-state index is 13.7. The van der Waals surface area contributed by atoms with Gasteiger partial charge in [0, 0.05) is 19.2 Å². The molecule has 1 aromatic carbocycles. The van der Waals surface area contributed by atoms with Gasteiger partial charge in [0.2, 0.25) is 0 Å². The van der Waals surface area contributed by atoms with Crippen LogP contribution in [0, 0.1) is 11.6 Å². The third-order valence-corrected chi connectivity index (χ3v) is 4.00. The van der Waals surface area contributed by atoms with Gasteiger partial charge in [0.05, 0.1) is 17.7 Å². The van der Waals surface area contributed by atoms with E-state index >= 15 is 0 Å². The Morgan fingerprint density at radius 1 is 1.43 bits per heavy atom. The van der Waals surface area contributed by atoms with E-state index in [0.29, 0.717) is 6.54 Å². The Bertz CT molecular complexity index is 501.